The summed E-state index contributed by atoms with van der Waals surface area (Å²) >= 11 is 3.69. The van der Waals surface area contributed by atoms with Crippen LogP contribution in [0.3, 0.4) is 0 Å². The van der Waals surface area contributed by atoms with Gasteiger partial charge >= 0.3 is 0 Å². The van der Waals surface area contributed by atoms with E-state index in [4.69, 9.17) is 4.42 Å². The van der Waals surface area contributed by atoms with Gasteiger partial charge in [-0.2, -0.15) is 0 Å². The van der Waals surface area contributed by atoms with Gasteiger partial charge in [-0.25, -0.2) is 0 Å². The molecule has 0 aromatic carbocycles. The van der Waals surface area contributed by atoms with E-state index >= 15 is 0 Å². The second-order valence-corrected chi connectivity index (χ2v) is 8.43. The summed E-state index contributed by atoms with van der Waals surface area (Å²) in [5.74, 6) is 5.85. The maximum absolute atomic E-state index is 5.87. The molecular formula is C18H26BrNO. The molecule has 116 valence electrons. The summed E-state index contributed by atoms with van der Waals surface area (Å²) < 4.78 is 7.01. The molecule has 21 heavy (non-hydrogen) atoms. The van der Waals surface area contributed by atoms with Crippen molar-refractivity contribution >= 4 is 15.9 Å². The topological polar surface area (TPSA) is 25.2 Å². The highest BCUT2D eigenvalue weighted by atomic mass is 79.9. The number of hydrogen-bond donors (Lipinski definition) is 1. The Kier molecular flexibility index (Phi) is 3.91. The molecule has 1 heterocycles. The van der Waals surface area contributed by atoms with Gasteiger partial charge in [0.25, 0.3) is 0 Å². The van der Waals surface area contributed by atoms with Crippen LogP contribution in [0, 0.1) is 29.6 Å². The van der Waals surface area contributed by atoms with Gasteiger partial charge in [0.15, 0.2) is 0 Å². The van der Waals surface area contributed by atoms with Crippen molar-refractivity contribution in [1.82, 2.24) is 5.32 Å². The van der Waals surface area contributed by atoms with Gasteiger partial charge in [-0.15, -0.1) is 0 Å². The minimum absolute atomic E-state index is 0.407. The maximum atomic E-state index is 5.87. The zero-order valence-corrected chi connectivity index (χ0v) is 14.4. The fourth-order valence-corrected chi connectivity index (χ4v) is 6.19. The van der Waals surface area contributed by atoms with Crippen LogP contribution < -0.4 is 5.32 Å². The van der Waals surface area contributed by atoms with Crippen LogP contribution in [0.15, 0.2) is 21.2 Å². The first-order chi connectivity index (χ1) is 10.3. The Hall–Kier alpha value is -0.280. The molecule has 4 fully saturated rings. The van der Waals surface area contributed by atoms with Crippen LogP contribution in [-0.2, 0) is 0 Å². The van der Waals surface area contributed by atoms with Gasteiger partial charge in [-0.1, -0.05) is 6.92 Å². The molecule has 5 rings (SSSR count). The van der Waals surface area contributed by atoms with Gasteiger partial charge < -0.3 is 9.73 Å². The number of nitrogens with one attached hydrogen (secondary N) is 1. The van der Waals surface area contributed by atoms with Crippen LogP contribution in [0.4, 0.5) is 0 Å². The summed E-state index contributed by atoms with van der Waals surface area (Å²) in [4.78, 5) is 0. The van der Waals surface area contributed by atoms with E-state index in [-0.39, 0.29) is 0 Å². The Morgan fingerprint density at radius 1 is 1.19 bits per heavy atom. The molecule has 4 bridgehead atoms. The molecule has 4 saturated carbocycles. The smallest absolute Gasteiger partial charge is 0.135 e. The fourth-order valence-electron chi connectivity index (χ4n) is 5.74. The number of rotatable bonds is 5. The van der Waals surface area contributed by atoms with Gasteiger partial charge in [-0.05, 0) is 96.7 Å². The molecule has 1 aromatic rings. The summed E-state index contributed by atoms with van der Waals surface area (Å²) in [6.45, 7) is 3.33. The Morgan fingerprint density at radius 2 is 1.86 bits per heavy atom. The van der Waals surface area contributed by atoms with Gasteiger partial charge in [0, 0.05) is 0 Å². The van der Waals surface area contributed by atoms with E-state index in [9.17, 15) is 0 Å². The second kappa shape index (κ2) is 5.73. The second-order valence-electron chi connectivity index (χ2n) is 7.57. The standard InChI is InChI=1S/C18H26BrNO/c1-2-4-20-17(18-15(19)3-5-21-18)16-13-7-11-6-12(9-13)10-14(16)8-11/h3,5,11-14,16-17,20H,2,4,6-10H2,1H3. The van der Waals surface area contributed by atoms with Crippen molar-refractivity contribution < 1.29 is 4.42 Å². The summed E-state index contributed by atoms with van der Waals surface area (Å²) in [6, 6.07) is 2.45. The SMILES string of the molecule is CCCNC(c1occc1Br)C1C2CC3CC(C2)CC1C3. The molecule has 0 amide bonds. The van der Waals surface area contributed by atoms with Crippen LogP contribution in [0.25, 0.3) is 0 Å². The average Bonchev–Trinajstić information content (AvgIpc) is 2.87. The molecule has 3 heteroatoms. The lowest BCUT2D eigenvalue weighted by molar-refractivity contribution is -0.0554. The normalized spacial score (nSPS) is 38.9. The third-order valence-electron chi connectivity index (χ3n) is 6.23. The molecule has 2 nitrogen and oxygen atoms in total. The monoisotopic (exact) mass is 351 g/mol. The maximum Gasteiger partial charge on any atom is 0.135 e. The van der Waals surface area contributed by atoms with Crippen LogP contribution in [0.2, 0.25) is 0 Å². The zero-order valence-electron chi connectivity index (χ0n) is 12.9. The minimum Gasteiger partial charge on any atom is -0.466 e. The molecule has 1 aromatic heterocycles. The number of furan rings is 1. The van der Waals surface area contributed by atoms with E-state index in [2.05, 4.69) is 28.2 Å². The first-order valence-electron chi connectivity index (χ1n) is 8.72. The third kappa shape index (κ3) is 2.50. The zero-order chi connectivity index (χ0) is 14.4. The number of halogens is 1. The van der Waals surface area contributed by atoms with Crippen molar-refractivity contribution in [3.63, 3.8) is 0 Å². The average molecular weight is 352 g/mol. The summed E-state index contributed by atoms with van der Waals surface area (Å²) in [5, 5.41) is 3.82. The van der Waals surface area contributed by atoms with Crippen LogP contribution in [0.5, 0.6) is 0 Å². The minimum atomic E-state index is 0.407. The quantitative estimate of drug-likeness (QED) is 0.792. The fraction of sp³-hybridized carbons (Fsp3) is 0.778. The van der Waals surface area contributed by atoms with E-state index in [1.54, 1.807) is 0 Å². The summed E-state index contributed by atoms with van der Waals surface area (Å²) in [7, 11) is 0. The molecule has 4 aliphatic carbocycles. The molecule has 0 saturated heterocycles. The van der Waals surface area contributed by atoms with Crippen molar-refractivity contribution in [2.75, 3.05) is 6.54 Å². The molecule has 1 N–H and O–H groups in total. The van der Waals surface area contributed by atoms with Gasteiger partial charge in [0.05, 0.1) is 16.8 Å². The van der Waals surface area contributed by atoms with Gasteiger partial charge in [0.2, 0.25) is 0 Å². The summed E-state index contributed by atoms with van der Waals surface area (Å²) in [6.07, 6.45) is 10.4. The molecular weight excluding hydrogens is 326 g/mol. The highest BCUT2D eigenvalue weighted by molar-refractivity contribution is 9.10. The third-order valence-corrected chi connectivity index (χ3v) is 6.88. The van der Waals surface area contributed by atoms with Crippen molar-refractivity contribution in [3.05, 3.63) is 22.6 Å². The van der Waals surface area contributed by atoms with Gasteiger partial charge in [0.1, 0.15) is 5.76 Å². The molecule has 0 spiro atoms. The highest BCUT2D eigenvalue weighted by Crippen LogP contribution is 2.59. The Morgan fingerprint density at radius 3 is 2.38 bits per heavy atom. The van der Waals surface area contributed by atoms with Crippen molar-refractivity contribution in [2.24, 2.45) is 29.6 Å². The van der Waals surface area contributed by atoms with E-state index in [0.717, 1.165) is 46.4 Å². The molecule has 1 unspecified atom stereocenters. The molecule has 4 aliphatic rings. The predicted molar refractivity (Wildman–Crippen MR) is 88.0 cm³/mol. The lowest BCUT2D eigenvalue weighted by atomic mass is 9.50. The van der Waals surface area contributed by atoms with E-state index in [1.165, 1.54) is 38.5 Å². The Balaban J connectivity index is 1.62. The van der Waals surface area contributed by atoms with Crippen molar-refractivity contribution in [3.8, 4) is 0 Å². The van der Waals surface area contributed by atoms with Crippen molar-refractivity contribution in [1.29, 1.82) is 0 Å². The molecule has 0 aliphatic heterocycles. The highest BCUT2D eigenvalue weighted by Gasteiger charge is 2.51. The lowest BCUT2D eigenvalue weighted by Gasteiger charge is -2.56. The molecule has 0 radical (unpaired) electrons. The van der Waals surface area contributed by atoms with Crippen LogP contribution in [-0.4, -0.2) is 6.54 Å². The number of hydrogen-bond acceptors (Lipinski definition) is 2. The Bertz CT molecular complexity index is 469. The van der Waals surface area contributed by atoms with E-state index in [1.807, 2.05) is 12.3 Å². The van der Waals surface area contributed by atoms with Crippen molar-refractivity contribution in [2.45, 2.75) is 51.5 Å². The van der Waals surface area contributed by atoms with Crippen LogP contribution in [0.1, 0.15) is 57.3 Å². The molecule has 1 atom stereocenters. The lowest BCUT2D eigenvalue weighted by Crippen LogP contribution is -2.49. The first kappa shape index (κ1) is 14.3. The largest absolute Gasteiger partial charge is 0.466 e. The predicted octanol–water partition coefficient (Wildman–Crippen LogP) is 5.16. The van der Waals surface area contributed by atoms with Crippen LogP contribution >= 0.6 is 15.9 Å². The summed E-state index contributed by atoms with van der Waals surface area (Å²) in [5.41, 5.74) is 0. The van der Waals surface area contributed by atoms with E-state index < -0.39 is 0 Å². The first-order valence-corrected chi connectivity index (χ1v) is 9.51. The van der Waals surface area contributed by atoms with E-state index in [0.29, 0.717) is 6.04 Å². The van der Waals surface area contributed by atoms with Gasteiger partial charge in [-0.3, -0.25) is 0 Å². The Labute approximate surface area is 136 Å².